The van der Waals surface area contributed by atoms with Gasteiger partial charge in [-0.2, -0.15) is 0 Å². The minimum absolute atomic E-state index is 0.561. The number of fused-ring (bicyclic) bond motifs is 1. The van der Waals surface area contributed by atoms with Gasteiger partial charge in [0, 0.05) is 8.95 Å². The lowest BCUT2D eigenvalue weighted by Gasteiger charge is -2.03. The molecule has 0 spiro atoms. The van der Waals surface area contributed by atoms with Crippen LogP contribution in [0.15, 0.2) is 17.9 Å². The van der Waals surface area contributed by atoms with E-state index in [0.29, 0.717) is 5.13 Å². The lowest BCUT2D eigenvalue weighted by molar-refractivity contribution is 1.45. The van der Waals surface area contributed by atoms with Crippen molar-refractivity contribution in [2.24, 2.45) is 0 Å². The molecule has 0 aliphatic carbocycles. The highest BCUT2D eigenvalue weighted by atomic mass is 79.9. The van der Waals surface area contributed by atoms with E-state index in [9.17, 15) is 0 Å². The zero-order valence-corrected chi connectivity index (χ0v) is 13.6. The van der Waals surface area contributed by atoms with Crippen molar-refractivity contribution in [3.63, 3.8) is 0 Å². The van der Waals surface area contributed by atoms with Gasteiger partial charge in [0.05, 0.1) is 13.6 Å². The SMILES string of the molecule is Nc1nc2c(Br)c(Br)c(Br)c(Br)c2s1. The van der Waals surface area contributed by atoms with Gasteiger partial charge < -0.3 is 5.73 Å². The minimum atomic E-state index is 0.561. The molecular formula is C7H2Br4N2S. The molecule has 0 aliphatic rings. The van der Waals surface area contributed by atoms with Crippen LogP contribution in [0.1, 0.15) is 0 Å². The van der Waals surface area contributed by atoms with Crippen molar-refractivity contribution in [2.75, 3.05) is 5.73 Å². The largest absolute Gasteiger partial charge is 0.375 e. The zero-order chi connectivity index (χ0) is 10.5. The Morgan fingerprint density at radius 2 is 1.50 bits per heavy atom. The molecule has 0 amide bonds. The van der Waals surface area contributed by atoms with Crippen LogP contribution in [-0.4, -0.2) is 4.98 Å². The molecule has 0 saturated heterocycles. The third-order valence-electron chi connectivity index (χ3n) is 1.63. The van der Waals surface area contributed by atoms with Crippen LogP contribution in [0, 0.1) is 0 Å². The summed E-state index contributed by atoms with van der Waals surface area (Å²) in [5.41, 5.74) is 6.53. The molecule has 0 saturated carbocycles. The van der Waals surface area contributed by atoms with E-state index in [4.69, 9.17) is 5.73 Å². The molecule has 2 aromatic rings. The highest BCUT2D eigenvalue weighted by Gasteiger charge is 2.16. The van der Waals surface area contributed by atoms with Crippen molar-refractivity contribution in [3.05, 3.63) is 17.9 Å². The average molecular weight is 466 g/mol. The number of halogens is 4. The molecular weight excluding hydrogens is 464 g/mol. The summed E-state index contributed by atoms with van der Waals surface area (Å²) in [7, 11) is 0. The summed E-state index contributed by atoms with van der Waals surface area (Å²) in [5, 5.41) is 0.561. The molecule has 1 aromatic carbocycles. The molecule has 0 radical (unpaired) electrons. The first kappa shape index (κ1) is 11.3. The Morgan fingerprint density at radius 3 is 2.14 bits per heavy atom. The lowest BCUT2D eigenvalue weighted by atomic mass is 10.3. The first-order valence-electron chi connectivity index (χ1n) is 3.40. The van der Waals surface area contributed by atoms with Crippen LogP contribution in [0.3, 0.4) is 0 Å². The van der Waals surface area contributed by atoms with Gasteiger partial charge in [0.1, 0.15) is 5.52 Å². The monoisotopic (exact) mass is 462 g/mol. The summed E-state index contributed by atoms with van der Waals surface area (Å²) in [6.07, 6.45) is 0. The van der Waals surface area contributed by atoms with Crippen molar-refractivity contribution in [2.45, 2.75) is 0 Å². The number of rotatable bonds is 0. The van der Waals surface area contributed by atoms with E-state index in [0.717, 1.165) is 28.1 Å². The second-order valence-corrected chi connectivity index (χ2v) is 6.69. The summed E-state index contributed by atoms with van der Waals surface area (Å²) in [5.74, 6) is 0. The molecule has 2 nitrogen and oxygen atoms in total. The fraction of sp³-hybridized carbons (Fsp3) is 0. The number of benzene rings is 1. The van der Waals surface area contributed by atoms with Crippen LogP contribution in [0.4, 0.5) is 5.13 Å². The van der Waals surface area contributed by atoms with Crippen LogP contribution < -0.4 is 5.73 Å². The van der Waals surface area contributed by atoms with Crippen molar-refractivity contribution in [1.29, 1.82) is 0 Å². The van der Waals surface area contributed by atoms with Gasteiger partial charge in [0.2, 0.25) is 0 Å². The van der Waals surface area contributed by atoms with Crippen molar-refractivity contribution in [1.82, 2.24) is 4.98 Å². The number of nitrogens with two attached hydrogens (primary N) is 1. The quantitative estimate of drug-likeness (QED) is 0.443. The summed E-state index contributed by atoms with van der Waals surface area (Å²) < 4.78 is 4.81. The van der Waals surface area contributed by atoms with Crippen LogP contribution in [0.5, 0.6) is 0 Å². The Bertz CT molecular complexity index is 477. The summed E-state index contributed by atoms with van der Waals surface area (Å²) in [6.45, 7) is 0. The Balaban J connectivity index is 3.01. The molecule has 0 unspecified atom stereocenters. The number of nitrogens with zero attached hydrogens (tertiary/aromatic N) is 1. The van der Waals surface area contributed by atoms with E-state index < -0.39 is 0 Å². The maximum atomic E-state index is 5.66. The Labute approximate surface area is 118 Å². The predicted molar refractivity (Wildman–Crippen MR) is 74.8 cm³/mol. The molecule has 1 heterocycles. The summed E-state index contributed by atoms with van der Waals surface area (Å²) in [4.78, 5) is 4.24. The van der Waals surface area contributed by atoms with E-state index in [1.54, 1.807) is 0 Å². The fourth-order valence-electron chi connectivity index (χ4n) is 1.03. The third kappa shape index (κ3) is 1.67. The van der Waals surface area contributed by atoms with Gasteiger partial charge >= 0.3 is 0 Å². The standard InChI is InChI=1S/C7H2Br4N2S/c8-1-2(9)4(11)6-5(3(1)10)13-7(12)14-6/h(H2,12,13). The van der Waals surface area contributed by atoms with Gasteiger partial charge in [-0.25, -0.2) is 4.98 Å². The number of thiazole rings is 1. The van der Waals surface area contributed by atoms with Crippen LogP contribution in [0.2, 0.25) is 0 Å². The van der Waals surface area contributed by atoms with Gasteiger partial charge in [0.25, 0.3) is 0 Å². The fourth-order valence-corrected chi connectivity index (χ4v) is 4.50. The van der Waals surface area contributed by atoms with E-state index in [-0.39, 0.29) is 0 Å². The molecule has 74 valence electrons. The van der Waals surface area contributed by atoms with Crippen LogP contribution >= 0.6 is 75.1 Å². The molecule has 14 heavy (non-hydrogen) atoms. The van der Waals surface area contributed by atoms with Gasteiger partial charge in [-0.05, 0) is 63.7 Å². The first-order valence-corrected chi connectivity index (χ1v) is 7.39. The molecule has 2 N–H and O–H groups in total. The van der Waals surface area contributed by atoms with Crippen LogP contribution in [-0.2, 0) is 0 Å². The van der Waals surface area contributed by atoms with E-state index in [1.807, 2.05) is 0 Å². The van der Waals surface area contributed by atoms with Crippen molar-refractivity contribution < 1.29 is 0 Å². The number of hydrogen-bond donors (Lipinski definition) is 1. The predicted octanol–water partition coefficient (Wildman–Crippen LogP) is 4.93. The molecule has 2 rings (SSSR count). The maximum Gasteiger partial charge on any atom is 0.181 e. The van der Waals surface area contributed by atoms with E-state index in [2.05, 4.69) is 68.7 Å². The Kier molecular flexibility index (Phi) is 3.24. The van der Waals surface area contributed by atoms with Crippen molar-refractivity contribution >= 4 is 90.4 Å². The Morgan fingerprint density at radius 1 is 0.929 bits per heavy atom. The van der Waals surface area contributed by atoms with Gasteiger partial charge in [-0.3, -0.25) is 0 Å². The van der Waals surface area contributed by atoms with Gasteiger partial charge in [-0.1, -0.05) is 11.3 Å². The molecule has 1 aromatic heterocycles. The normalized spacial score (nSPS) is 11.1. The first-order chi connectivity index (χ1) is 6.52. The molecule has 7 heteroatoms. The highest BCUT2D eigenvalue weighted by Crippen LogP contribution is 2.45. The number of anilines is 1. The van der Waals surface area contributed by atoms with Crippen molar-refractivity contribution in [3.8, 4) is 0 Å². The van der Waals surface area contributed by atoms with Crippen LogP contribution in [0.25, 0.3) is 10.2 Å². The molecule has 0 atom stereocenters. The van der Waals surface area contributed by atoms with Gasteiger partial charge in [0.15, 0.2) is 5.13 Å². The molecule has 0 bridgehead atoms. The van der Waals surface area contributed by atoms with E-state index in [1.165, 1.54) is 11.3 Å². The second kappa shape index (κ2) is 4.01. The third-order valence-corrected chi connectivity index (χ3v) is 7.54. The number of nitrogen functional groups attached to an aromatic ring is 1. The average Bonchev–Trinajstić information content (AvgIpc) is 2.54. The van der Waals surface area contributed by atoms with E-state index >= 15 is 0 Å². The smallest absolute Gasteiger partial charge is 0.181 e. The lowest BCUT2D eigenvalue weighted by Crippen LogP contribution is -1.81. The number of hydrogen-bond acceptors (Lipinski definition) is 3. The zero-order valence-electron chi connectivity index (χ0n) is 6.44. The maximum absolute atomic E-state index is 5.66. The summed E-state index contributed by atoms with van der Waals surface area (Å²) in [6, 6.07) is 0. The van der Waals surface area contributed by atoms with Gasteiger partial charge in [-0.15, -0.1) is 0 Å². The molecule has 0 fully saturated rings. The molecule has 0 aliphatic heterocycles. The number of aromatic nitrogens is 1. The second-order valence-electron chi connectivity index (χ2n) is 2.49. The minimum Gasteiger partial charge on any atom is -0.375 e. The Hall–Kier alpha value is 0.830. The highest BCUT2D eigenvalue weighted by molar-refractivity contribution is 9.15. The topological polar surface area (TPSA) is 38.9 Å². The summed E-state index contributed by atoms with van der Waals surface area (Å²) >= 11 is 15.4.